The number of halogens is 1. The van der Waals surface area contributed by atoms with E-state index in [9.17, 15) is 14.4 Å². The van der Waals surface area contributed by atoms with E-state index in [1.54, 1.807) is 11.1 Å². The van der Waals surface area contributed by atoms with Crippen LogP contribution in [0.25, 0.3) is 33.7 Å². The van der Waals surface area contributed by atoms with Crippen LogP contribution in [0.5, 0.6) is 0 Å². The highest BCUT2D eigenvalue weighted by atomic mass is 19.1. The molecule has 15 nitrogen and oxygen atoms in total. The summed E-state index contributed by atoms with van der Waals surface area (Å²) in [6.07, 6.45) is 5.96. The van der Waals surface area contributed by atoms with Crippen LogP contribution in [0.3, 0.4) is 0 Å². The molecule has 0 spiro atoms. The van der Waals surface area contributed by atoms with Gasteiger partial charge in [0.25, 0.3) is 0 Å². The van der Waals surface area contributed by atoms with Gasteiger partial charge in [0.15, 0.2) is 11.5 Å². The number of nitrogens with one attached hydrogen (secondary N) is 3. The van der Waals surface area contributed by atoms with Crippen LogP contribution >= 0.6 is 0 Å². The van der Waals surface area contributed by atoms with Crippen molar-refractivity contribution >= 4 is 40.3 Å². The number of aryl methyl sites for hydroxylation is 1. The molecule has 6 aromatic rings. The molecular formula is C47H52FN11O4. The van der Waals surface area contributed by atoms with Crippen molar-refractivity contribution in [2.45, 2.75) is 77.4 Å². The van der Waals surface area contributed by atoms with Crippen LogP contribution in [0.15, 0.2) is 77.7 Å². The van der Waals surface area contributed by atoms with Crippen molar-refractivity contribution in [3.8, 4) is 22.6 Å². The molecule has 2 unspecified atom stereocenters. The van der Waals surface area contributed by atoms with Gasteiger partial charge in [-0.1, -0.05) is 44.1 Å². The predicted octanol–water partition coefficient (Wildman–Crippen LogP) is 7.40. The number of alkyl halides is 1. The normalized spacial score (nSPS) is 19.5. The fourth-order valence-electron chi connectivity index (χ4n) is 9.02. The molecule has 16 heteroatoms. The second kappa shape index (κ2) is 16.6. The number of carbonyl (C=O) groups is 3. The number of fused-ring (bicyclic) bond motifs is 1. The van der Waals surface area contributed by atoms with E-state index in [0.717, 1.165) is 77.3 Å². The molecular weight excluding hydrogens is 802 g/mol. The summed E-state index contributed by atoms with van der Waals surface area (Å²) in [5.41, 5.74) is 6.34. The van der Waals surface area contributed by atoms with E-state index < -0.39 is 11.6 Å². The van der Waals surface area contributed by atoms with Gasteiger partial charge in [-0.05, 0) is 92.6 Å². The smallest absolute Gasteiger partial charge is 0.328 e. The Balaban J connectivity index is 0.801. The van der Waals surface area contributed by atoms with Crippen LogP contribution in [0, 0.1) is 12.8 Å². The molecule has 0 aliphatic carbocycles. The number of imide groups is 1. The van der Waals surface area contributed by atoms with Gasteiger partial charge in [0, 0.05) is 85.2 Å². The van der Waals surface area contributed by atoms with Crippen LogP contribution in [-0.2, 0) is 15.9 Å². The molecule has 2 atom stereocenters. The van der Waals surface area contributed by atoms with E-state index in [2.05, 4.69) is 45.5 Å². The molecule has 63 heavy (non-hydrogen) atoms. The van der Waals surface area contributed by atoms with Gasteiger partial charge >= 0.3 is 17.8 Å². The van der Waals surface area contributed by atoms with Crippen molar-refractivity contribution < 1.29 is 23.3 Å². The third-order valence-electron chi connectivity index (χ3n) is 12.6. The maximum Gasteiger partial charge on any atom is 0.328 e. The van der Waals surface area contributed by atoms with E-state index in [0.29, 0.717) is 61.1 Å². The van der Waals surface area contributed by atoms with Crippen molar-refractivity contribution in [2.75, 3.05) is 49.1 Å². The van der Waals surface area contributed by atoms with Crippen molar-refractivity contribution in [3.63, 3.8) is 0 Å². The minimum absolute atomic E-state index is 0.0687. The van der Waals surface area contributed by atoms with Gasteiger partial charge in [-0.2, -0.15) is 4.98 Å². The molecule has 3 aliphatic heterocycles. The number of pyridine rings is 1. The number of anilines is 2. The molecule has 326 valence electrons. The average molecular weight is 854 g/mol. The third kappa shape index (κ3) is 8.63. The molecule has 4 amide bonds. The molecule has 0 saturated carbocycles. The molecule has 0 bridgehead atoms. The van der Waals surface area contributed by atoms with E-state index in [1.807, 2.05) is 95.3 Å². The van der Waals surface area contributed by atoms with Gasteiger partial charge in [-0.25, -0.2) is 19.2 Å². The van der Waals surface area contributed by atoms with Crippen LogP contribution in [0.2, 0.25) is 0 Å². The van der Waals surface area contributed by atoms with E-state index >= 15 is 4.39 Å². The minimum Gasteiger partial charge on any atom is -0.372 e. The first-order chi connectivity index (χ1) is 30.2. The number of nitrogens with zero attached hydrogens (tertiary/aromatic N) is 8. The monoisotopic (exact) mass is 853 g/mol. The Morgan fingerprint density at radius 3 is 2.46 bits per heavy atom. The van der Waals surface area contributed by atoms with Gasteiger partial charge in [0.05, 0.1) is 23.1 Å². The SMILES string of the molecule is Cc1cc(-c2ncnc3[nH]c(-c4ccc(C5(F)CCN(CC6CCN(c7ccc(N8CCC(=O)NC8=O)cc7)CC6)C5)cn4)cc23)ccc1C(C)NC(=O)c1nc(C(C)(C)C)no1. The lowest BCUT2D eigenvalue weighted by Gasteiger charge is -2.35. The third-order valence-corrected chi connectivity index (χ3v) is 12.6. The Bertz CT molecular complexity index is 2670. The van der Waals surface area contributed by atoms with Crippen LogP contribution in [0.4, 0.5) is 20.6 Å². The zero-order valence-corrected chi connectivity index (χ0v) is 36.2. The number of aromatic nitrogens is 6. The second-order valence-corrected chi connectivity index (χ2v) is 18.2. The molecule has 3 fully saturated rings. The number of piperidine rings is 1. The topological polar surface area (TPSA) is 178 Å². The van der Waals surface area contributed by atoms with Gasteiger partial charge in [0.2, 0.25) is 5.91 Å². The van der Waals surface area contributed by atoms with Gasteiger partial charge in [0.1, 0.15) is 12.0 Å². The van der Waals surface area contributed by atoms with Crippen molar-refractivity contribution in [1.82, 2.24) is 45.6 Å². The lowest BCUT2D eigenvalue weighted by Crippen LogP contribution is -2.49. The minimum atomic E-state index is -1.47. The highest BCUT2D eigenvalue weighted by Gasteiger charge is 2.41. The first-order valence-electron chi connectivity index (χ1n) is 21.6. The van der Waals surface area contributed by atoms with E-state index in [4.69, 9.17) is 9.51 Å². The number of benzene rings is 2. The molecule has 3 saturated heterocycles. The summed E-state index contributed by atoms with van der Waals surface area (Å²) >= 11 is 0. The highest BCUT2D eigenvalue weighted by molar-refractivity contribution is 6.05. The van der Waals surface area contributed by atoms with Crippen LogP contribution in [-0.4, -0.2) is 92.1 Å². The number of amides is 4. The Kier molecular flexibility index (Phi) is 11.0. The number of H-pyrrole nitrogens is 1. The molecule has 3 N–H and O–H groups in total. The Hall–Kier alpha value is -6.55. The maximum absolute atomic E-state index is 16.6. The number of likely N-dealkylation sites (tertiary alicyclic amines) is 1. The quantitative estimate of drug-likeness (QED) is 0.125. The van der Waals surface area contributed by atoms with Crippen LogP contribution in [0.1, 0.15) is 92.6 Å². The maximum atomic E-state index is 16.6. The number of rotatable bonds is 10. The average Bonchev–Trinajstić information content (AvgIpc) is 4.04. The van der Waals surface area contributed by atoms with Gasteiger partial charge in [-0.15, -0.1) is 0 Å². The first-order valence-corrected chi connectivity index (χ1v) is 21.6. The van der Waals surface area contributed by atoms with Gasteiger partial charge < -0.3 is 19.7 Å². The largest absolute Gasteiger partial charge is 0.372 e. The number of carbonyl (C=O) groups excluding carboxylic acids is 3. The Morgan fingerprint density at radius 1 is 0.984 bits per heavy atom. The van der Waals surface area contributed by atoms with E-state index in [-0.39, 0.29) is 29.3 Å². The van der Waals surface area contributed by atoms with E-state index in [1.165, 1.54) is 6.33 Å². The van der Waals surface area contributed by atoms with Crippen LogP contribution < -0.4 is 20.4 Å². The number of hydrogen-bond acceptors (Lipinski definition) is 11. The summed E-state index contributed by atoms with van der Waals surface area (Å²) in [5, 5.41) is 10.1. The van der Waals surface area contributed by atoms with Crippen molar-refractivity contribution in [3.05, 3.63) is 102 Å². The zero-order chi connectivity index (χ0) is 44.0. The molecule has 2 aromatic carbocycles. The first kappa shape index (κ1) is 41.8. The Morgan fingerprint density at radius 2 is 1.76 bits per heavy atom. The number of urea groups is 1. The predicted molar refractivity (Wildman–Crippen MR) is 237 cm³/mol. The summed E-state index contributed by atoms with van der Waals surface area (Å²) in [5.74, 6) is 0.210. The molecule has 9 rings (SSSR count). The summed E-state index contributed by atoms with van der Waals surface area (Å²) in [6.45, 7) is 13.9. The molecule has 3 aliphatic rings. The van der Waals surface area contributed by atoms with Gasteiger partial charge in [-0.3, -0.25) is 29.7 Å². The summed E-state index contributed by atoms with van der Waals surface area (Å²) in [4.78, 5) is 64.5. The summed E-state index contributed by atoms with van der Waals surface area (Å²) in [6, 6.07) is 19.0. The molecule has 0 radical (unpaired) electrons. The second-order valence-electron chi connectivity index (χ2n) is 18.2. The number of aromatic amines is 1. The standard InChI is InChI=1S/C47H52FN11O4/c1-28-22-31(6-12-35(28)29(2)52-42(61)43-55-44(56-63-43)46(3,4)5)40-36-23-38(53-41(36)51-27-50-40)37-13-7-32(24-49-37)47(48)17-21-57(26-47)25-30-14-18-58(19-15-30)33-8-10-34(11-9-33)59-20-16-39(60)54-45(59)62/h6-13,22-24,27,29-30H,14-21,25-26H2,1-5H3,(H,52,61)(H,50,51,53)(H,54,60,62). The zero-order valence-electron chi connectivity index (χ0n) is 36.2. The molecule has 4 aromatic heterocycles. The van der Waals surface area contributed by atoms with Crippen molar-refractivity contribution in [2.24, 2.45) is 5.92 Å². The van der Waals surface area contributed by atoms with Crippen molar-refractivity contribution in [1.29, 1.82) is 0 Å². The lowest BCUT2D eigenvalue weighted by molar-refractivity contribution is -0.120. The summed E-state index contributed by atoms with van der Waals surface area (Å²) in [7, 11) is 0. The molecule has 7 heterocycles. The highest BCUT2D eigenvalue weighted by Crippen LogP contribution is 2.38. The Labute approximate surface area is 364 Å². The lowest BCUT2D eigenvalue weighted by atomic mass is 9.95. The number of hydrogen-bond donors (Lipinski definition) is 3. The fourth-order valence-corrected chi connectivity index (χ4v) is 9.02. The summed E-state index contributed by atoms with van der Waals surface area (Å²) < 4.78 is 21.8. The fraction of sp³-hybridized carbons (Fsp3) is 0.404.